The lowest BCUT2D eigenvalue weighted by atomic mass is 10.1. The van der Waals surface area contributed by atoms with E-state index in [-0.39, 0.29) is 0 Å². The topological polar surface area (TPSA) is 39.1 Å². The number of ether oxygens (including phenoxy) is 1. The summed E-state index contributed by atoms with van der Waals surface area (Å²) in [6, 6.07) is 20.7. The van der Waals surface area contributed by atoms with Crippen LogP contribution in [-0.4, -0.2) is 22.9 Å². The molecule has 4 nitrogen and oxygen atoms in total. The van der Waals surface area contributed by atoms with E-state index in [0.29, 0.717) is 0 Å². The van der Waals surface area contributed by atoms with Crippen LogP contribution in [0.25, 0.3) is 22.2 Å². The van der Waals surface area contributed by atoms with Crippen LogP contribution in [0.5, 0.6) is 5.75 Å². The minimum absolute atomic E-state index is 0.848. The normalized spacial score (nSPS) is 10.9. The average molecular weight is 375 g/mol. The van der Waals surface area contributed by atoms with Gasteiger partial charge in [-0.3, -0.25) is 0 Å². The third kappa shape index (κ3) is 3.26. The lowest BCUT2D eigenvalue weighted by Crippen LogP contribution is -1.95. The van der Waals surface area contributed by atoms with Gasteiger partial charge < -0.3 is 14.6 Å². The molecule has 0 radical (unpaired) electrons. The van der Waals surface area contributed by atoms with Crippen LogP contribution in [0, 0.1) is 0 Å². The van der Waals surface area contributed by atoms with Gasteiger partial charge in [-0.1, -0.05) is 12.1 Å². The fourth-order valence-corrected chi connectivity index (χ4v) is 3.69. The van der Waals surface area contributed by atoms with E-state index in [2.05, 4.69) is 64.6 Å². The molecule has 0 aliphatic carbocycles. The summed E-state index contributed by atoms with van der Waals surface area (Å²) >= 11 is 1.73. The highest BCUT2D eigenvalue weighted by molar-refractivity contribution is 7.98. The number of fused-ring (bicyclic) bond motifs is 1. The van der Waals surface area contributed by atoms with Crippen LogP contribution >= 0.6 is 11.8 Å². The molecular weight excluding hydrogens is 354 g/mol. The minimum atomic E-state index is 0.848. The molecule has 0 aliphatic rings. The highest BCUT2D eigenvalue weighted by Gasteiger charge is 2.14. The largest absolute Gasteiger partial charge is 0.496 e. The SMILES string of the molecule is COc1ccccc1-c1cc2c(Nc3ccc(SC)cc3)nccc2n1C. The number of benzene rings is 2. The van der Waals surface area contributed by atoms with Crippen molar-refractivity contribution in [2.24, 2.45) is 7.05 Å². The van der Waals surface area contributed by atoms with Crippen LogP contribution in [0.3, 0.4) is 0 Å². The molecule has 0 fully saturated rings. The molecule has 4 rings (SSSR count). The van der Waals surface area contributed by atoms with Gasteiger partial charge >= 0.3 is 0 Å². The molecule has 136 valence electrons. The van der Waals surface area contributed by atoms with Crippen molar-refractivity contribution in [1.29, 1.82) is 0 Å². The van der Waals surface area contributed by atoms with E-state index in [0.717, 1.165) is 39.4 Å². The second-order valence-corrected chi connectivity index (χ2v) is 7.11. The molecule has 4 aromatic rings. The van der Waals surface area contributed by atoms with Gasteiger partial charge in [-0.05, 0) is 54.8 Å². The quantitative estimate of drug-likeness (QED) is 0.453. The molecule has 2 aromatic heterocycles. The van der Waals surface area contributed by atoms with Crippen LogP contribution in [0.2, 0.25) is 0 Å². The fourth-order valence-electron chi connectivity index (χ4n) is 3.29. The standard InChI is InChI=1S/C22H21N3OS/c1-25-19-12-13-23-22(24-15-8-10-16(27-3)11-9-15)18(19)14-20(25)17-6-4-5-7-21(17)26-2/h4-14H,1-3H3,(H,23,24). The molecule has 0 spiro atoms. The summed E-state index contributed by atoms with van der Waals surface area (Å²) in [5, 5.41) is 4.53. The predicted molar refractivity (Wildman–Crippen MR) is 114 cm³/mol. The summed E-state index contributed by atoms with van der Waals surface area (Å²) in [6.07, 6.45) is 3.92. The van der Waals surface area contributed by atoms with Crippen LogP contribution in [0.15, 0.2) is 71.8 Å². The second kappa shape index (κ2) is 7.37. The van der Waals surface area contributed by atoms with E-state index in [1.807, 2.05) is 30.5 Å². The summed E-state index contributed by atoms with van der Waals surface area (Å²) in [4.78, 5) is 5.82. The number of rotatable bonds is 5. The minimum Gasteiger partial charge on any atom is -0.496 e. The Hall–Kier alpha value is -2.92. The van der Waals surface area contributed by atoms with E-state index < -0.39 is 0 Å². The molecule has 0 bridgehead atoms. The number of nitrogens with one attached hydrogen (secondary N) is 1. The first-order valence-corrected chi connectivity index (χ1v) is 9.92. The monoisotopic (exact) mass is 375 g/mol. The maximum atomic E-state index is 5.55. The van der Waals surface area contributed by atoms with Gasteiger partial charge in [0.2, 0.25) is 0 Å². The molecule has 27 heavy (non-hydrogen) atoms. The maximum Gasteiger partial charge on any atom is 0.139 e. The third-order valence-electron chi connectivity index (χ3n) is 4.71. The zero-order valence-electron chi connectivity index (χ0n) is 15.6. The number of nitrogens with zero attached hydrogens (tertiary/aromatic N) is 2. The van der Waals surface area contributed by atoms with Gasteiger partial charge in [0, 0.05) is 34.8 Å². The number of thioether (sulfide) groups is 1. The Balaban J connectivity index is 1.79. The molecule has 0 atom stereocenters. The lowest BCUT2D eigenvalue weighted by molar-refractivity contribution is 0.416. The van der Waals surface area contributed by atoms with E-state index in [1.165, 1.54) is 4.90 Å². The Morgan fingerprint density at radius 3 is 2.56 bits per heavy atom. The van der Waals surface area contributed by atoms with Crippen molar-refractivity contribution >= 4 is 34.2 Å². The number of hydrogen-bond donors (Lipinski definition) is 1. The summed E-state index contributed by atoms with van der Waals surface area (Å²) in [6.45, 7) is 0. The number of aromatic nitrogens is 2. The van der Waals surface area contributed by atoms with Crippen molar-refractivity contribution < 1.29 is 4.74 Å². The third-order valence-corrected chi connectivity index (χ3v) is 5.45. The van der Waals surface area contributed by atoms with Gasteiger partial charge in [-0.2, -0.15) is 0 Å². The predicted octanol–water partition coefficient (Wildman–Crippen LogP) is 5.71. The van der Waals surface area contributed by atoms with Gasteiger partial charge in [0.05, 0.1) is 18.3 Å². The van der Waals surface area contributed by atoms with Crippen molar-refractivity contribution in [3.8, 4) is 17.0 Å². The van der Waals surface area contributed by atoms with Gasteiger partial charge in [0.25, 0.3) is 0 Å². The molecule has 0 unspecified atom stereocenters. The highest BCUT2D eigenvalue weighted by Crippen LogP contribution is 2.36. The smallest absolute Gasteiger partial charge is 0.139 e. The van der Waals surface area contributed by atoms with E-state index in [9.17, 15) is 0 Å². The molecule has 5 heteroatoms. The van der Waals surface area contributed by atoms with E-state index in [1.54, 1.807) is 18.9 Å². The Kier molecular flexibility index (Phi) is 4.77. The van der Waals surface area contributed by atoms with Gasteiger partial charge in [0.15, 0.2) is 0 Å². The first-order valence-electron chi connectivity index (χ1n) is 8.70. The van der Waals surface area contributed by atoms with Crippen LogP contribution in [0.4, 0.5) is 11.5 Å². The van der Waals surface area contributed by atoms with Crippen molar-refractivity contribution in [1.82, 2.24) is 9.55 Å². The Morgan fingerprint density at radius 2 is 1.81 bits per heavy atom. The van der Waals surface area contributed by atoms with Crippen LogP contribution < -0.4 is 10.1 Å². The van der Waals surface area contributed by atoms with Crippen molar-refractivity contribution in [3.05, 3.63) is 66.9 Å². The molecular formula is C22H21N3OS. The number of hydrogen-bond acceptors (Lipinski definition) is 4. The Morgan fingerprint density at radius 1 is 1.04 bits per heavy atom. The van der Waals surface area contributed by atoms with Gasteiger partial charge in [-0.15, -0.1) is 11.8 Å². The van der Waals surface area contributed by atoms with Crippen molar-refractivity contribution in [2.75, 3.05) is 18.7 Å². The van der Waals surface area contributed by atoms with Gasteiger partial charge in [0.1, 0.15) is 11.6 Å². The first kappa shape index (κ1) is 17.5. The lowest BCUT2D eigenvalue weighted by Gasteiger charge is -2.09. The maximum absolute atomic E-state index is 5.55. The first-order chi connectivity index (χ1) is 13.2. The second-order valence-electron chi connectivity index (χ2n) is 6.23. The summed E-state index contributed by atoms with van der Waals surface area (Å²) in [7, 11) is 3.77. The van der Waals surface area contributed by atoms with Crippen molar-refractivity contribution in [3.63, 3.8) is 0 Å². The fraction of sp³-hybridized carbons (Fsp3) is 0.136. The van der Waals surface area contributed by atoms with Crippen LogP contribution in [0.1, 0.15) is 0 Å². The van der Waals surface area contributed by atoms with E-state index in [4.69, 9.17) is 4.74 Å². The highest BCUT2D eigenvalue weighted by atomic mass is 32.2. The van der Waals surface area contributed by atoms with E-state index >= 15 is 0 Å². The molecule has 0 saturated heterocycles. The molecule has 0 saturated carbocycles. The summed E-state index contributed by atoms with van der Waals surface area (Å²) < 4.78 is 7.73. The number of para-hydroxylation sites is 1. The molecule has 2 heterocycles. The summed E-state index contributed by atoms with van der Waals surface area (Å²) in [5.41, 5.74) is 4.30. The number of aryl methyl sites for hydroxylation is 1. The number of anilines is 2. The Labute approximate surface area is 163 Å². The van der Waals surface area contributed by atoms with Crippen LogP contribution in [-0.2, 0) is 7.05 Å². The average Bonchev–Trinajstić information content (AvgIpc) is 3.06. The number of methoxy groups -OCH3 is 1. The molecule has 1 N–H and O–H groups in total. The van der Waals surface area contributed by atoms with Crippen molar-refractivity contribution in [2.45, 2.75) is 4.90 Å². The Bertz CT molecular complexity index is 1090. The summed E-state index contributed by atoms with van der Waals surface area (Å²) in [5.74, 6) is 1.71. The zero-order chi connectivity index (χ0) is 18.8. The zero-order valence-corrected chi connectivity index (χ0v) is 16.4. The molecule has 0 aliphatic heterocycles. The molecule has 2 aromatic carbocycles. The van der Waals surface area contributed by atoms with Gasteiger partial charge in [-0.25, -0.2) is 4.98 Å². The number of pyridine rings is 1. The molecule has 0 amide bonds.